The molecule has 3 N–H and O–H groups in total. The van der Waals surface area contributed by atoms with Crippen molar-refractivity contribution in [2.24, 2.45) is 0 Å². The number of aryl methyl sites for hydroxylation is 1. The van der Waals surface area contributed by atoms with Gasteiger partial charge in [0.25, 0.3) is 0 Å². The lowest BCUT2D eigenvalue weighted by Gasteiger charge is -2.30. The van der Waals surface area contributed by atoms with Crippen molar-refractivity contribution in [2.75, 3.05) is 5.32 Å². The molecule has 0 radical (unpaired) electrons. The van der Waals surface area contributed by atoms with E-state index in [4.69, 9.17) is 47.0 Å². The molecule has 1 atom stereocenters. The van der Waals surface area contributed by atoms with Crippen molar-refractivity contribution in [3.63, 3.8) is 0 Å². The van der Waals surface area contributed by atoms with E-state index in [1.54, 1.807) is 0 Å². The van der Waals surface area contributed by atoms with Gasteiger partial charge < -0.3 is 16.0 Å². The van der Waals surface area contributed by atoms with E-state index in [-0.39, 0.29) is 11.0 Å². The fraction of sp³-hybridized carbons (Fsp3) is 0.167. The van der Waals surface area contributed by atoms with Crippen molar-refractivity contribution in [1.29, 1.82) is 0 Å². The summed E-state index contributed by atoms with van der Waals surface area (Å²) in [6, 6.07) is 22.6. The molecule has 1 amide bonds. The van der Waals surface area contributed by atoms with Crippen molar-refractivity contribution in [1.82, 2.24) is 10.6 Å². The number of carbonyl (C=O) groups excluding carboxylic acids is 1. The highest BCUT2D eigenvalue weighted by Crippen LogP contribution is 2.32. The minimum atomic E-state index is -1.88. The van der Waals surface area contributed by atoms with Gasteiger partial charge in [-0.25, -0.2) is 0 Å². The van der Waals surface area contributed by atoms with Crippen LogP contribution in [0.25, 0.3) is 0 Å². The first kappa shape index (κ1) is 27.2. The zero-order valence-electron chi connectivity index (χ0n) is 17.8. The standard InChI is InChI=1S/C24H20Br2Cl3N3OS/c1-14-12-19(18(26)13-17(14)25)30-23(34)32-22(24(27,28)29)31-21(33)20(15-8-4-2-5-9-15)16-10-6-3-7-11-16/h2-13,20,22H,1H3,(H,31,33)(H2,30,32,34). The van der Waals surface area contributed by atoms with Crippen molar-refractivity contribution >= 4 is 95.6 Å². The van der Waals surface area contributed by atoms with E-state index in [2.05, 4.69) is 47.8 Å². The summed E-state index contributed by atoms with van der Waals surface area (Å²) in [7, 11) is 0. The topological polar surface area (TPSA) is 53.2 Å². The fourth-order valence-corrected chi connectivity index (χ4v) is 4.90. The Bertz CT molecular complexity index is 1120. The number of hydrogen-bond acceptors (Lipinski definition) is 2. The monoisotopic (exact) mass is 661 g/mol. The zero-order valence-corrected chi connectivity index (χ0v) is 24.0. The van der Waals surface area contributed by atoms with Gasteiger partial charge in [-0.15, -0.1) is 0 Å². The molecule has 0 bridgehead atoms. The van der Waals surface area contributed by atoms with Gasteiger partial charge in [0.1, 0.15) is 6.17 Å². The minimum absolute atomic E-state index is 0.176. The largest absolute Gasteiger partial charge is 0.339 e. The van der Waals surface area contributed by atoms with E-state index in [0.717, 1.165) is 31.3 Å². The van der Waals surface area contributed by atoms with Crippen molar-refractivity contribution < 1.29 is 4.79 Å². The van der Waals surface area contributed by atoms with Crippen molar-refractivity contribution in [3.05, 3.63) is 98.4 Å². The molecule has 34 heavy (non-hydrogen) atoms. The van der Waals surface area contributed by atoms with E-state index in [1.165, 1.54) is 0 Å². The SMILES string of the molecule is Cc1cc(NC(=S)NC(NC(=O)C(c2ccccc2)c2ccccc2)C(Cl)(Cl)Cl)c(Br)cc1Br. The Hall–Kier alpha value is -1.35. The van der Waals surface area contributed by atoms with Crippen LogP contribution < -0.4 is 16.0 Å². The van der Waals surface area contributed by atoms with Crippen molar-refractivity contribution in [3.8, 4) is 0 Å². The molecule has 0 aromatic heterocycles. The average Bonchev–Trinajstić information content (AvgIpc) is 2.78. The first-order valence-corrected chi connectivity index (χ1v) is 13.2. The van der Waals surface area contributed by atoms with Gasteiger partial charge in [-0.1, -0.05) is 111 Å². The Morgan fingerprint density at radius 3 is 1.91 bits per heavy atom. The predicted octanol–water partition coefficient (Wildman–Crippen LogP) is 7.45. The average molecular weight is 665 g/mol. The molecule has 1 unspecified atom stereocenters. The van der Waals surface area contributed by atoms with Crippen LogP contribution in [0.2, 0.25) is 0 Å². The van der Waals surface area contributed by atoms with E-state index in [1.807, 2.05) is 79.7 Å². The molecule has 4 nitrogen and oxygen atoms in total. The number of anilines is 1. The van der Waals surface area contributed by atoms with Crippen LogP contribution in [0, 0.1) is 6.92 Å². The second kappa shape index (κ2) is 12.1. The number of carbonyl (C=O) groups is 1. The second-order valence-corrected chi connectivity index (χ2v) is 11.9. The van der Waals surface area contributed by atoms with Gasteiger partial charge in [-0.3, -0.25) is 4.79 Å². The minimum Gasteiger partial charge on any atom is -0.339 e. The molecule has 0 aliphatic heterocycles. The van der Waals surface area contributed by atoms with Gasteiger partial charge in [0.15, 0.2) is 5.11 Å². The molecular formula is C24H20Br2Cl3N3OS. The molecule has 0 aliphatic carbocycles. The summed E-state index contributed by atoms with van der Waals surface area (Å²) in [6.07, 6.45) is -1.10. The number of rotatable bonds is 6. The molecule has 0 saturated heterocycles. The number of alkyl halides is 3. The number of hydrogen-bond donors (Lipinski definition) is 3. The van der Waals surface area contributed by atoms with E-state index < -0.39 is 15.9 Å². The van der Waals surface area contributed by atoms with Gasteiger partial charge >= 0.3 is 0 Å². The molecular weight excluding hydrogens is 645 g/mol. The quantitative estimate of drug-likeness (QED) is 0.146. The van der Waals surface area contributed by atoms with Crippen LogP contribution >= 0.6 is 78.9 Å². The molecule has 178 valence electrons. The third kappa shape index (κ3) is 7.33. The number of amides is 1. The zero-order chi connectivity index (χ0) is 24.9. The summed E-state index contributed by atoms with van der Waals surface area (Å²) in [6.45, 7) is 1.95. The summed E-state index contributed by atoms with van der Waals surface area (Å²) < 4.78 is -0.147. The number of nitrogens with one attached hydrogen (secondary N) is 3. The lowest BCUT2D eigenvalue weighted by molar-refractivity contribution is -0.122. The van der Waals surface area contributed by atoms with Crippen LogP contribution in [0.15, 0.2) is 81.7 Å². The Kier molecular flexibility index (Phi) is 9.66. The maximum absolute atomic E-state index is 13.5. The Balaban J connectivity index is 1.82. The van der Waals surface area contributed by atoms with Gasteiger partial charge in [-0.05, 0) is 63.9 Å². The number of benzene rings is 3. The summed E-state index contributed by atoms with van der Waals surface area (Å²) in [5.41, 5.74) is 3.35. The van der Waals surface area contributed by atoms with Gasteiger partial charge in [0, 0.05) is 8.95 Å². The highest BCUT2D eigenvalue weighted by atomic mass is 79.9. The van der Waals surface area contributed by atoms with Gasteiger partial charge in [0.05, 0.1) is 11.6 Å². The molecule has 0 heterocycles. The molecule has 0 saturated carbocycles. The van der Waals surface area contributed by atoms with Gasteiger partial charge in [0.2, 0.25) is 9.70 Å². The summed E-state index contributed by atoms with van der Waals surface area (Å²) >= 11 is 31.1. The molecule has 0 fully saturated rings. The molecule has 3 aromatic carbocycles. The Morgan fingerprint density at radius 2 is 1.41 bits per heavy atom. The van der Waals surface area contributed by atoms with Crippen LogP contribution in [0.4, 0.5) is 5.69 Å². The lowest BCUT2D eigenvalue weighted by atomic mass is 9.90. The highest BCUT2D eigenvalue weighted by Gasteiger charge is 2.36. The molecule has 0 aliphatic rings. The van der Waals surface area contributed by atoms with Crippen LogP contribution in [-0.2, 0) is 4.79 Å². The van der Waals surface area contributed by atoms with Crippen LogP contribution in [-0.4, -0.2) is 21.0 Å². The highest BCUT2D eigenvalue weighted by molar-refractivity contribution is 9.11. The molecule has 10 heteroatoms. The molecule has 0 spiro atoms. The second-order valence-electron chi connectivity index (χ2n) is 7.42. The molecule has 3 aromatic rings. The van der Waals surface area contributed by atoms with E-state index in [0.29, 0.717) is 0 Å². The maximum Gasteiger partial charge on any atom is 0.233 e. The Morgan fingerprint density at radius 1 is 0.882 bits per heavy atom. The Labute approximate surface area is 236 Å². The van der Waals surface area contributed by atoms with E-state index >= 15 is 0 Å². The van der Waals surface area contributed by atoms with Crippen molar-refractivity contribution in [2.45, 2.75) is 22.8 Å². The third-order valence-electron chi connectivity index (χ3n) is 4.91. The summed E-state index contributed by atoms with van der Waals surface area (Å²) in [5.74, 6) is -0.950. The first-order chi connectivity index (χ1) is 16.1. The lowest BCUT2D eigenvalue weighted by Crippen LogP contribution is -2.57. The number of thiocarbonyl (C=S) groups is 1. The smallest absolute Gasteiger partial charge is 0.233 e. The van der Waals surface area contributed by atoms with E-state index in [9.17, 15) is 4.79 Å². The summed E-state index contributed by atoms with van der Waals surface area (Å²) in [4.78, 5) is 13.5. The van der Waals surface area contributed by atoms with Crippen LogP contribution in [0.1, 0.15) is 22.6 Å². The predicted molar refractivity (Wildman–Crippen MR) is 153 cm³/mol. The molecule has 3 rings (SSSR count). The fourth-order valence-electron chi connectivity index (χ4n) is 3.25. The van der Waals surface area contributed by atoms with Crippen LogP contribution in [0.3, 0.4) is 0 Å². The summed E-state index contributed by atoms with van der Waals surface area (Å²) in [5, 5.41) is 8.98. The van der Waals surface area contributed by atoms with Gasteiger partial charge in [-0.2, -0.15) is 0 Å². The first-order valence-electron chi connectivity index (χ1n) is 10.1. The maximum atomic E-state index is 13.5. The van der Waals surface area contributed by atoms with Crippen LogP contribution in [0.5, 0.6) is 0 Å². The third-order valence-corrected chi connectivity index (χ3v) is 7.30. The number of halogens is 5. The normalized spacial score (nSPS) is 12.2.